The predicted molar refractivity (Wildman–Crippen MR) is 103 cm³/mol. The molecular weight excluding hydrogens is 378 g/mol. The van der Waals surface area contributed by atoms with Gasteiger partial charge in [-0.15, -0.1) is 5.10 Å². The van der Waals surface area contributed by atoms with Crippen molar-refractivity contribution in [2.24, 2.45) is 0 Å². The van der Waals surface area contributed by atoms with Crippen LogP contribution in [0.3, 0.4) is 0 Å². The van der Waals surface area contributed by atoms with Gasteiger partial charge in [0.2, 0.25) is 10.0 Å². The van der Waals surface area contributed by atoms with Crippen LogP contribution in [0.15, 0.2) is 47.9 Å². The molecular formula is C18H19N7O2S. The van der Waals surface area contributed by atoms with Crippen LogP contribution in [0.25, 0.3) is 22.1 Å². The van der Waals surface area contributed by atoms with E-state index in [2.05, 4.69) is 32.2 Å². The van der Waals surface area contributed by atoms with E-state index >= 15 is 0 Å². The third-order valence-electron chi connectivity index (χ3n) is 5.58. The molecule has 0 saturated carbocycles. The lowest BCUT2D eigenvalue weighted by Gasteiger charge is -2.38. The molecule has 0 aliphatic carbocycles. The third-order valence-corrected chi connectivity index (χ3v) is 7.46. The molecule has 5 rings (SSSR count). The van der Waals surface area contributed by atoms with Crippen molar-refractivity contribution in [3.8, 4) is 0 Å². The lowest BCUT2D eigenvalue weighted by Crippen LogP contribution is -2.46. The van der Waals surface area contributed by atoms with Crippen LogP contribution in [-0.2, 0) is 15.6 Å². The van der Waals surface area contributed by atoms with Crippen LogP contribution >= 0.6 is 0 Å². The van der Waals surface area contributed by atoms with Crippen molar-refractivity contribution >= 4 is 32.1 Å². The van der Waals surface area contributed by atoms with Crippen LogP contribution in [-0.4, -0.2) is 55.8 Å². The molecule has 4 aromatic rings. The van der Waals surface area contributed by atoms with Crippen LogP contribution in [0.5, 0.6) is 0 Å². The van der Waals surface area contributed by atoms with Crippen molar-refractivity contribution in [1.82, 2.24) is 34.3 Å². The number of pyridine rings is 2. The molecule has 0 spiro atoms. The number of nitrogens with zero attached hydrogens (tertiary/aromatic N) is 6. The van der Waals surface area contributed by atoms with Gasteiger partial charge in [-0.1, -0.05) is 5.21 Å². The van der Waals surface area contributed by atoms with Crippen LogP contribution in [0, 0.1) is 0 Å². The van der Waals surface area contributed by atoms with Crippen molar-refractivity contribution in [3.05, 3.63) is 43.0 Å². The fourth-order valence-corrected chi connectivity index (χ4v) is 5.27. The number of fused-ring (bicyclic) bond motifs is 3. The average molecular weight is 397 g/mol. The zero-order valence-electron chi connectivity index (χ0n) is 15.3. The first-order valence-electron chi connectivity index (χ1n) is 9.07. The van der Waals surface area contributed by atoms with E-state index in [9.17, 15) is 8.42 Å². The smallest absolute Gasteiger partial charge is 0.244 e. The summed E-state index contributed by atoms with van der Waals surface area (Å²) in [5.41, 5.74) is 2.12. The first kappa shape index (κ1) is 17.3. The van der Waals surface area contributed by atoms with Gasteiger partial charge in [0, 0.05) is 37.1 Å². The highest BCUT2D eigenvalue weighted by Gasteiger charge is 2.38. The van der Waals surface area contributed by atoms with E-state index in [1.807, 2.05) is 16.9 Å². The fourth-order valence-electron chi connectivity index (χ4n) is 3.86. The van der Waals surface area contributed by atoms with Crippen LogP contribution in [0.2, 0.25) is 0 Å². The lowest BCUT2D eigenvalue weighted by atomic mass is 9.90. The maximum Gasteiger partial charge on any atom is 0.244 e. The summed E-state index contributed by atoms with van der Waals surface area (Å²) in [5, 5.41) is 9.65. The Morgan fingerprint density at radius 3 is 2.75 bits per heavy atom. The SMILES string of the molecule is CC1(n2nnc3cnc4[nH]ccc4c32)CCN(S(=O)(=O)c2cccnc2)CC1. The average Bonchev–Trinajstić information content (AvgIpc) is 3.35. The number of piperidine rings is 1. The van der Waals surface area contributed by atoms with Gasteiger partial charge >= 0.3 is 0 Å². The Morgan fingerprint density at radius 2 is 2.00 bits per heavy atom. The first-order chi connectivity index (χ1) is 13.5. The van der Waals surface area contributed by atoms with Gasteiger partial charge in [-0.25, -0.2) is 18.1 Å². The van der Waals surface area contributed by atoms with Gasteiger partial charge in [-0.2, -0.15) is 4.31 Å². The Kier molecular flexibility index (Phi) is 3.75. The Balaban J connectivity index is 1.48. The molecule has 144 valence electrons. The quantitative estimate of drug-likeness (QED) is 0.565. The normalized spacial score (nSPS) is 18.0. The second-order valence-electron chi connectivity index (χ2n) is 7.32. The predicted octanol–water partition coefficient (Wildman–Crippen LogP) is 1.90. The van der Waals surface area contributed by atoms with Gasteiger partial charge in [0.05, 0.1) is 11.7 Å². The Bertz CT molecular complexity index is 1260. The van der Waals surface area contributed by atoms with Gasteiger partial charge in [0.25, 0.3) is 0 Å². The molecule has 1 N–H and O–H groups in total. The highest BCUT2D eigenvalue weighted by atomic mass is 32.2. The second kappa shape index (κ2) is 6.08. The molecule has 10 heteroatoms. The summed E-state index contributed by atoms with van der Waals surface area (Å²) in [6.07, 6.45) is 7.80. The molecule has 1 saturated heterocycles. The van der Waals surface area contributed by atoms with Crippen LogP contribution in [0.4, 0.5) is 0 Å². The van der Waals surface area contributed by atoms with Crippen molar-refractivity contribution in [1.29, 1.82) is 0 Å². The molecule has 0 aromatic carbocycles. The molecule has 0 radical (unpaired) electrons. The zero-order chi connectivity index (χ0) is 19.4. The monoisotopic (exact) mass is 397 g/mol. The second-order valence-corrected chi connectivity index (χ2v) is 9.26. The number of aromatic amines is 1. The summed E-state index contributed by atoms with van der Waals surface area (Å²) < 4.78 is 29.2. The number of rotatable bonds is 3. The molecule has 0 bridgehead atoms. The van der Waals surface area contributed by atoms with E-state index in [1.54, 1.807) is 24.5 Å². The summed E-state index contributed by atoms with van der Waals surface area (Å²) in [6, 6.07) is 5.19. The highest BCUT2D eigenvalue weighted by molar-refractivity contribution is 7.89. The standard InChI is InChI=1S/C18H19N7O2S/c1-18(25-16-14-4-8-20-17(14)21-12-15(16)22-23-25)5-9-24(10-6-18)28(26,27)13-3-2-7-19-11-13/h2-4,7-8,11-12H,5-6,9-10H2,1H3,(H,20,21). The van der Waals surface area contributed by atoms with Crippen molar-refractivity contribution in [2.75, 3.05) is 13.1 Å². The van der Waals surface area contributed by atoms with Gasteiger partial charge in [0.1, 0.15) is 21.6 Å². The van der Waals surface area contributed by atoms with Gasteiger partial charge < -0.3 is 4.98 Å². The Morgan fingerprint density at radius 1 is 1.18 bits per heavy atom. The fraction of sp³-hybridized carbons (Fsp3) is 0.333. The summed E-state index contributed by atoms with van der Waals surface area (Å²) in [4.78, 5) is 11.6. The van der Waals surface area contributed by atoms with E-state index in [0.717, 1.165) is 22.1 Å². The van der Waals surface area contributed by atoms with Crippen molar-refractivity contribution in [2.45, 2.75) is 30.2 Å². The van der Waals surface area contributed by atoms with Crippen molar-refractivity contribution in [3.63, 3.8) is 0 Å². The van der Waals surface area contributed by atoms with E-state index < -0.39 is 10.0 Å². The highest BCUT2D eigenvalue weighted by Crippen LogP contribution is 2.35. The molecule has 9 nitrogen and oxygen atoms in total. The Hall–Kier alpha value is -2.85. The molecule has 0 amide bonds. The first-order valence-corrected chi connectivity index (χ1v) is 10.5. The number of aromatic nitrogens is 6. The van der Waals surface area contributed by atoms with Crippen LogP contribution < -0.4 is 0 Å². The van der Waals surface area contributed by atoms with Gasteiger partial charge in [-0.05, 0) is 38.0 Å². The zero-order valence-corrected chi connectivity index (χ0v) is 16.1. The van der Waals surface area contributed by atoms with E-state index in [-0.39, 0.29) is 10.4 Å². The van der Waals surface area contributed by atoms with Crippen LogP contribution in [0.1, 0.15) is 19.8 Å². The number of sulfonamides is 1. The van der Waals surface area contributed by atoms with E-state index in [0.29, 0.717) is 25.9 Å². The summed E-state index contributed by atoms with van der Waals surface area (Å²) >= 11 is 0. The number of nitrogens with one attached hydrogen (secondary N) is 1. The summed E-state index contributed by atoms with van der Waals surface area (Å²) in [6.45, 7) is 2.93. The Labute approximate surface area is 161 Å². The maximum absolute atomic E-state index is 12.9. The molecule has 0 unspecified atom stereocenters. The maximum atomic E-state index is 12.9. The van der Waals surface area contributed by atoms with Gasteiger partial charge in [0.15, 0.2) is 0 Å². The minimum absolute atomic E-state index is 0.227. The molecule has 5 heterocycles. The topological polar surface area (TPSA) is 110 Å². The molecule has 1 aliphatic rings. The number of H-pyrrole nitrogens is 1. The molecule has 0 atom stereocenters. The van der Waals surface area contributed by atoms with E-state index in [4.69, 9.17) is 0 Å². The number of hydrogen-bond acceptors (Lipinski definition) is 6. The summed E-state index contributed by atoms with van der Waals surface area (Å²) in [5.74, 6) is 0. The molecule has 1 fully saturated rings. The number of hydrogen-bond donors (Lipinski definition) is 1. The molecule has 1 aliphatic heterocycles. The summed E-state index contributed by atoms with van der Waals surface area (Å²) in [7, 11) is -3.54. The largest absolute Gasteiger partial charge is 0.346 e. The van der Waals surface area contributed by atoms with E-state index in [1.165, 1.54) is 10.5 Å². The third kappa shape index (κ3) is 2.52. The van der Waals surface area contributed by atoms with Gasteiger partial charge in [-0.3, -0.25) is 4.98 Å². The molecule has 4 aromatic heterocycles. The molecule has 28 heavy (non-hydrogen) atoms. The minimum atomic E-state index is -3.54. The minimum Gasteiger partial charge on any atom is -0.346 e. The lowest BCUT2D eigenvalue weighted by molar-refractivity contribution is 0.166. The van der Waals surface area contributed by atoms with Crippen molar-refractivity contribution < 1.29 is 8.42 Å².